The van der Waals surface area contributed by atoms with E-state index in [4.69, 9.17) is 43.1 Å². The summed E-state index contributed by atoms with van der Waals surface area (Å²) in [7, 11) is 1.48. The number of aromatic amines is 1. The second-order valence-corrected chi connectivity index (χ2v) is 7.04. The molecule has 3 N–H and O–H groups in total. The highest BCUT2D eigenvalue weighted by Crippen LogP contribution is 2.38. The predicted octanol–water partition coefficient (Wildman–Crippen LogP) is 4.01. The number of hydrogen-bond donors (Lipinski definition) is 2. The van der Waals surface area contributed by atoms with Crippen LogP contribution in [0.4, 0.5) is 0 Å². The molecule has 0 radical (unpaired) electrons. The molecular formula is C20H18Cl2N2O5. The maximum atomic E-state index is 12.6. The molecule has 1 heterocycles. The lowest BCUT2D eigenvalue weighted by Crippen LogP contribution is -2.20. The molecule has 1 amide bonds. The number of aryl methyl sites for hydroxylation is 1. The number of esters is 1. The fourth-order valence-corrected chi connectivity index (χ4v) is 3.22. The highest BCUT2D eigenvalue weighted by Gasteiger charge is 2.22. The van der Waals surface area contributed by atoms with Crippen LogP contribution in [0, 0.1) is 6.92 Å². The first-order valence-corrected chi connectivity index (χ1v) is 9.28. The van der Waals surface area contributed by atoms with Crippen molar-refractivity contribution in [1.29, 1.82) is 0 Å². The van der Waals surface area contributed by atoms with Crippen molar-refractivity contribution < 1.29 is 23.8 Å². The SMILES string of the molecule is COc1ccc2[nH]c(C(=O)OCc3ccc(Cl)c(Cl)c3)c(C)c2c1OCC(N)=O. The summed E-state index contributed by atoms with van der Waals surface area (Å²) >= 11 is 11.9. The number of H-pyrrole nitrogens is 1. The van der Waals surface area contributed by atoms with Crippen molar-refractivity contribution >= 4 is 46.0 Å². The number of benzene rings is 2. The van der Waals surface area contributed by atoms with Gasteiger partial charge in [0.25, 0.3) is 5.91 Å². The summed E-state index contributed by atoms with van der Waals surface area (Å²) in [5.41, 5.74) is 7.37. The van der Waals surface area contributed by atoms with Crippen LogP contribution in [0.5, 0.6) is 11.5 Å². The molecule has 0 bridgehead atoms. The number of nitrogens with two attached hydrogens (primary N) is 1. The zero-order valence-electron chi connectivity index (χ0n) is 15.7. The summed E-state index contributed by atoms with van der Waals surface area (Å²) in [6, 6.07) is 8.40. The van der Waals surface area contributed by atoms with Gasteiger partial charge in [-0.05, 0) is 42.3 Å². The van der Waals surface area contributed by atoms with Crippen LogP contribution in [0.25, 0.3) is 10.9 Å². The summed E-state index contributed by atoms with van der Waals surface area (Å²) < 4.78 is 16.2. The summed E-state index contributed by atoms with van der Waals surface area (Å²) in [5, 5.41) is 1.41. The van der Waals surface area contributed by atoms with Crippen molar-refractivity contribution in [1.82, 2.24) is 4.98 Å². The molecule has 0 fully saturated rings. The van der Waals surface area contributed by atoms with Crippen LogP contribution in [0.15, 0.2) is 30.3 Å². The predicted molar refractivity (Wildman–Crippen MR) is 110 cm³/mol. The maximum Gasteiger partial charge on any atom is 0.355 e. The topological polar surface area (TPSA) is 104 Å². The average Bonchev–Trinajstić information content (AvgIpc) is 3.03. The van der Waals surface area contributed by atoms with E-state index in [0.717, 1.165) is 0 Å². The Morgan fingerprint density at radius 2 is 1.90 bits per heavy atom. The van der Waals surface area contributed by atoms with Crippen molar-refractivity contribution in [3.8, 4) is 11.5 Å². The van der Waals surface area contributed by atoms with E-state index in [1.807, 2.05) is 0 Å². The van der Waals surface area contributed by atoms with Crippen LogP contribution in [-0.2, 0) is 16.1 Å². The smallest absolute Gasteiger partial charge is 0.355 e. The third kappa shape index (κ3) is 4.41. The third-order valence-corrected chi connectivity index (χ3v) is 5.01. The van der Waals surface area contributed by atoms with Crippen LogP contribution in [0.3, 0.4) is 0 Å². The Labute approximate surface area is 176 Å². The Morgan fingerprint density at radius 3 is 2.55 bits per heavy atom. The Morgan fingerprint density at radius 1 is 1.14 bits per heavy atom. The monoisotopic (exact) mass is 436 g/mol. The molecule has 1 aromatic heterocycles. The molecule has 0 atom stereocenters. The second-order valence-electron chi connectivity index (χ2n) is 6.22. The number of primary amides is 1. The number of hydrogen-bond acceptors (Lipinski definition) is 5. The molecule has 9 heteroatoms. The van der Waals surface area contributed by atoms with E-state index in [1.165, 1.54) is 7.11 Å². The van der Waals surface area contributed by atoms with Crippen LogP contribution >= 0.6 is 23.2 Å². The number of amides is 1. The maximum absolute atomic E-state index is 12.6. The fourth-order valence-electron chi connectivity index (χ4n) is 2.90. The number of methoxy groups -OCH3 is 1. The summed E-state index contributed by atoms with van der Waals surface area (Å²) in [4.78, 5) is 26.8. The number of carbonyl (C=O) groups excluding carboxylic acids is 2. The van der Waals surface area contributed by atoms with Gasteiger partial charge in [0, 0.05) is 5.39 Å². The van der Waals surface area contributed by atoms with E-state index in [-0.39, 0.29) is 18.9 Å². The van der Waals surface area contributed by atoms with Crippen molar-refractivity contribution in [3.05, 3.63) is 57.2 Å². The van der Waals surface area contributed by atoms with Gasteiger partial charge in [-0.2, -0.15) is 0 Å². The van der Waals surface area contributed by atoms with Gasteiger partial charge < -0.3 is 24.9 Å². The zero-order valence-corrected chi connectivity index (χ0v) is 17.2. The lowest BCUT2D eigenvalue weighted by atomic mass is 10.1. The quantitative estimate of drug-likeness (QED) is 0.544. The van der Waals surface area contributed by atoms with E-state index in [2.05, 4.69) is 4.98 Å². The van der Waals surface area contributed by atoms with E-state index in [1.54, 1.807) is 37.3 Å². The Hall–Kier alpha value is -2.90. The van der Waals surface area contributed by atoms with Gasteiger partial charge in [0.05, 0.1) is 22.7 Å². The third-order valence-electron chi connectivity index (χ3n) is 4.27. The van der Waals surface area contributed by atoms with Crippen molar-refractivity contribution in [3.63, 3.8) is 0 Å². The molecule has 3 aromatic rings. The molecule has 0 spiro atoms. The van der Waals surface area contributed by atoms with Crippen LogP contribution in [-0.4, -0.2) is 30.6 Å². The summed E-state index contributed by atoms with van der Waals surface area (Å²) in [6.07, 6.45) is 0. The molecule has 0 aliphatic rings. The highest BCUT2D eigenvalue weighted by molar-refractivity contribution is 6.42. The normalized spacial score (nSPS) is 10.8. The molecule has 7 nitrogen and oxygen atoms in total. The van der Waals surface area contributed by atoms with Gasteiger partial charge in [0.15, 0.2) is 18.1 Å². The van der Waals surface area contributed by atoms with Crippen molar-refractivity contribution in [2.75, 3.05) is 13.7 Å². The lowest BCUT2D eigenvalue weighted by Gasteiger charge is -2.11. The second kappa shape index (κ2) is 8.63. The standard InChI is InChI=1S/C20H18Cl2N2O5/c1-10-17-14(5-6-15(27-2)19(17)28-9-16(23)25)24-18(10)20(26)29-8-11-3-4-12(21)13(22)7-11/h3-7,24H,8-9H2,1-2H3,(H2,23,25). The highest BCUT2D eigenvalue weighted by atomic mass is 35.5. The van der Waals surface area contributed by atoms with Gasteiger partial charge in [-0.1, -0.05) is 29.3 Å². The van der Waals surface area contributed by atoms with E-state index in [9.17, 15) is 9.59 Å². The Kier molecular flexibility index (Phi) is 6.20. The number of ether oxygens (including phenoxy) is 3. The molecule has 0 saturated heterocycles. The molecule has 0 aliphatic carbocycles. The van der Waals surface area contributed by atoms with E-state index < -0.39 is 11.9 Å². The van der Waals surface area contributed by atoms with Gasteiger partial charge >= 0.3 is 5.97 Å². The molecule has 152 valence electrons. The Balaban J connectivity index is 1.89. The molecule has 3 rings (SSSR count). The molecular weight excluding hydrogens is 419 g/mol. The van der Waals surface area contributed by atoms with Gasteiger partial charge in [0.1, 0.15) is 12.3 Å². The molecule has 0 aliphatic heterocycles. The van der Waals surface area contributed by atoms with Crippen LogP contribution in [0.2, 0.25) is 10.0 Å². The van der Waals surface area contributed by atoms with Gasteiger partial charge in [0.2, 0.25) is 0 Å². The molecule has 2 aromatic carbocycles. The largest absolute Gasteiger partial charge is 0.493 e. The summed E-state index contributed by atoms with van der Waals surface area (Å²) in [6.45, 7) is 1.45. The minimum atomic E-state index is -0.626. The molecule has 0 saturated carbocycles. The van der Waals surface area contributed by atoms with E-state index >= 15 is 0 Å². The number of aromatic nitrogens is 1. The van der Waals surface area contributed by atoms with Crippen molar-refractivity contribution in [2.24, 2.45) is 5.73 Å². The number of carbonyl (C=O) groups is 2. The zero-order chi connectivity index (χ0) is 21.1. The fraction of sp³-hybridized carbons (Fsp3) is 0.200. The van der Waals surface area contributed by atoms with Gasteiger partial charge in [-0.25, -0.2) is 4.79 Å². The molecule has 0 unspecified atom stereocenters. The average molecular weight is 437 g/mol. The first-order valence-electron chi connectivity index (χ1n) is 8.53. The van der Waals surface area contributed by atoms with Crippen molar-refractivity contribution in [2.45, 2.75) is 13.5 Å². The van der Waals surface area contributed by atoms with Crippen LogP contribution in [0.1, 0.15) is 21.6 Å². The van der Waals surface area contributed by atoms with Gasteiger partial charge in [-0.3, -0.25) is 4.79 Å². The number of fused-ring (bicyclic) bond motifs is 1. The number of rotatable bonds is 7. The first kappa shape index (κ1) is 20.8. The number of nitrogens with one attached hydrogen (secondary N) is 1. The lowest BCUT2D eigenvalue weighted by molar-refractivity contribution is -0.119. The van der Waals surface area contributed by atoms with E-state index in [0.29, 0.717) is 43.6 Å². The van der Waals surface area contributed by atoms with Crippen LogP contribution < -0.4 is 15.2 Å². The first-order chi connectivity index (χ1) is 13.8. The minimum absolute atomic E-state index is 0.0267. The molecule has 29 heavy (non-hydrogen) atoms. The minimum Gasteiger partial charge on any atom is -0.493 e. The Bertz CT molecular complexity index is 1090. The summed E-state index contributed by atoms with van der Waals surface area (Å²) in [5.74, 6) is -0.444. The number of halogens is 2. The van der Waals surface area contributed by atoms with Gasteiger partial charge in [-0.15, -0.1) is 0 Å².